The molecule has 0 aliphatic carbocycles. The number of nitrogens with zero attached hydrogens (tertiary/aromatic N) is 2. The van der Waals surface area contributed by atoms with E-state index in [0.717, 1.165) is 61.2 Å². The van der Waals surface area contributed by atoms with Crippen LogP contribution < -0.4 is 4.90 Å². The maximum Gasteiger partial charge on any atom is 0.143 e. The molecule has 0 saturated heterocycles. The lowest BCUT2D eigenvalue weighted by Gasteiger charge is -2.28. The molecule has 0 saturated carbocycles. The summed E-state index contributed by atoms with van der Waals surface area (Å²) in [7, 11) is 0. The van der Waals surface area contributed by atoms with Gasteiger partial charge in [0.2, 0.25) is 0 Å². The third-order valence-electron chi connectivity index (χ3n) is 9.78. The number of para-hydroxylation sites is 5. The second-order valence-corrected chi connectivity index (χ2v) is 12.5. The van der Waals surface area contributed by atoms with Crippen LogP contribution in [0.1, 0.15) is 0 Å². The first-order valence-corrected chi connectivity index (χ1v) is 16.7. The van der Waals surface area contributed by atoms with Crippen LogP contribution >= 0.6 is 0 Å². The zero-order valence-electron chi connectivity index (χ0n) is 26.6. The Morgan fingerprint density at radius 2 is 1.06 bits per heavy atom. The summed E-state index contributed by atoms with van der Waals surface area (Å²) in [4.78, 5) is 2.36. The van der Waals surface area contributed by atoms with E-state index in [1.165, 1.54) is 27.2 Å². The van der Waals surface area contributed by atoms with Gasteiger partial charge in [-0.1, -0.05) is 121 Å². The minimum absolute atomic E-state index is 0.902. The molecule has 0 unspecified atom stereocenters. The lowest BCUT2D eigenvalue weighted by Crippen LogP contribution is -2.13. The number of hydrogen-bond donors (Lipinski definition) is 0. The number of rotatable bonds is 5. The highest BCUT2D eigenvalue weighted by Gasteiger charge is 2.21. The highest BCUT2D eigenvalue weighted by molar-refractivity contribution is 6.19. The van der Waals surface area contributed by atoms with Crippen LogP contribution in [0.25, 0.3) is 71.3 Å². The van der Waals surface area contributed by atoms with Gasteiger partial charge in [-0.25, -0.2) is 0 Å². The summed E-state index contributed by atoms with van der Waals surface area (Å²) in [5.41, 5.74) is 10.9. The van der Waals surface area contributed by atoms with Crippen molar-refractivity contribution < 1.29 is 4.42 Å². The molecule has 3 heteroatoms. The topological polar surface area (TPSA) is 21.3 Å². The van der Waals surface area contributed by atoms with Gasteiger partial charge in [0.05, 0.1) is 22.4 Å². The van der Waals surface area contributed by atoms with Gasteiger partial charge in [0, 0.05) is 38.3 Å². The number of fused-ring (bicyclic) bond motifs is 8. The van der Waals surface area contributed by atoms with E-state index in [1.54, 1.807) is 0 Å². The summed E-state index contributed by atoms with van der Waals surface area (Å²) in [5.74, 6) is 0. The van der Waals surface area contributed by atoms with Gasteiger partial charge in [-0.15, -0.1) is 0 Å². The van der Waals surface area contributed by atoms with Crippen molar-refractivity contribution in [3.05, 3.63) is 182 Å². The predicted molar refractivity (Wildman–Crippen MR) is 206 cm³/mol. The van der Waals surface area contributed by atoms with Crippen LogP contribution in [0.15, 0.2) is 186 Å². The fourth-order valence-corrected chi connectivity index (χ4v) is 7.61. The zero-order chi connectivity index (χ0) is 32.3. The normalized spacial score (nSPS) is 11.7. The average Bonchev–Trinajstić information content (AvgIpc) is 3.72. The third-order valence-corrected chi connectivity index (χ3v) is 9.78. The fraction of sp³-hybridized carbons (Fsp3) is 0. The van der Waals surface area contributed by atoms with Crippen molar-refractivity contribution in [1.29, 1.82) is 0 Å². The molecule has 3 nitrogen and oxygen atoms in total. The van der Waals surface area contributed by atoms with Gasteiger partial charge >= 0.3 is 0 Å². The minimum Gasteiger partial charge on any atom is -0.455 e. The van der Waals surface area contributed by atoms with Gasteiger partial charge in [0.15, 0.2) is 0 Å². The number of furan rings is 1. The lowest BCUT2D eigenvalue weighted by atomic mass is 9.98. The molecule has 49 heavy (non-hydrogen) atoms. The molecule has 0 fully saturated rings. The number of hydrogen-bond acceptors (Lipinski definition) is 2. The van der Waals surface area contributed by atoms with Crippen LogP contribution in [-0.4, -0.2) is 4.57 Å². The van der Waals surface area contributed by atoms with Crippen LogP contribution in [0.3, 0.4) is 0 Å². The van der Waals surface area contributed by atoms with E-state index in [-0.39, 0.29) is 0 Å². The van der Waals surface area contributed by atoms with E-state index in [9.17, 15) is 0 Å². The highest BCUT2D eigenvalue weighted by Crippen LogP contribution is 2.43. The smallest absolute Gasteiger partial charge is 0.143 e. The molecule has 2 heterocycles. The Kier molecular flexibility index (Phi) is 6.18. The molecule has 0 aliphatic rings. The quantitative estimate of drug-likeness (QED) is 0.190. The highest BCUT2D eigenvalue weighted by atomic mass is 16.3. The molecule has 230 valence electrons. The van der Waals surface area contributed by atoms with Crippen molar-refractivity contribution in [3.63, 3.8) is 0 Å². The Morgan fingerprint density at radius 1 is 0.429 bits per heavy atom. The molecule has 8 aromatic carbocycles. The van der Waals surface area contributed by atoms with Crippen LogP contribution in [0.5, 0.6) is 0 Å². The average molecular weight is 627 g/mol. The second-order valence-electron chi connectivity index (χ2n) is 12.5. The van der Waals surface area contributed by atoms with Gasteiger partial charge < -0.3 is 13.9 Å². The Bertz CT molecular complexity index is 2770. The van der Waals surface area contributed by atoms with Crippen LogP contribution in [0.4, 0.5) is 17.1 Å². The Morgan fingerprint density at radius 3 is 1.84 bits per heavy atom. The molecule has 10 aromatic rings. The van der Waals surface area contributed by atoms with Gasteiger partial charge in [-0.05, 0) is 77.2 Å². The van der Waals surface area contributed by atoms with E-state index in [4.69, 9.17) is 4.42 Å². The molecule has 0 bridgehead atoms. The molecular weight excluding hydrogens is 597 g/mol. The first-order chi connectivity index (χ1) is 24.3. The van der Waals surface area contributed by atoms with Crippen LogP contribution in [0.2, 0.25) is 0 Å². The molecule has 0 spiro atoms. The van der Waals surface area contributed by atoms with Gasteiger partial charge in [-0.3, -0.25) is 0 Å². The molecule has 10 rings (SSSR count). The van der Waals surface area contributed by atoms with E-state index in [2.05, 4.69) is 191 Å². The molecule has 0 aliphatic heterocycles. The minimum atomic E-state index is 0.902. The Balaban J connectivity index is 1.15. The first kappa shape index (κ1) is 27.5. The van der Waals surface area contributed by atoms with Crippen molar-refractivity contribution >= 4 is 71.6 Å². The Hall–Kier alpha value is -6.58. The number of anilines is 3. The summed E-state index contributed by atoms with van der Waals surface area (Å²) < 4.78 is 8.91. The molecule has 2 aromatic heterocycles. The first-order valence-electron chi connectivity index (χ1n) is 16.7. The van der Waals surface area contributed by atoms with E-state index in [1.807, 2.05) is 0 Å². The van der Waals surface area contributed by atoms with Crippen molar-refractivity contribution in [2.75, 3.05) is 4.90 Å². The molecular formula is C46H30N2O. The number of aromatic nitrogens is 1. The second kappa shape index (κ2) is 11.0. The SMILES string of the molecule is c1ccc(N(c2ccc(-c3cccc4oc5c6ccccc6ccc5c34)cc2)c2ccccc2-n2c3ccccc3c3ccccc32)cc1. The van der Waals surface area contributed by atoms with E-state index >= 15 is 0 Å². The standard InChI is InChI=1S/C46H30N2O/c1-2-14-33(15-3-1)47(42-22-10-11-23-43(42)48-40-20-8-6-17-37(40)38-18-7-9-21-41(38)48)34-28-25-32(26-29-34)35-19-12-24-44-45(35)39-30-27-31-13-4-5-16-36(31)46(39)49-44/h1-30H. The van der Waals surface area contributed by atoms with Gasteiger partial charge in [0.1, 0.15) is 11.2 Å². The molecule has 0 N–H and O–H groups in total. The number of benzene rings is 8. The third kappa shape index (κ3) is 4.29. The monoisotopic (exact) mass is 626 g/mol. The summed E-state index contributed by atoms with van der Waals surface area (Å²) in [5, 5.41) is 7.10. The van der Waals surface area contributed by atoms with Crippen molar-refractivity contribution in [3.8, 4) is 16.8 Å². The van der Waals surface area contributed by atoms with Crippen molar-refractivity contribution in [2.45, 2.75) is 0 Å². The van der Waals surface area contributed by atoms with Gasteiger partial charge in [0.25, 0.3) is 0 Å². The van der Waals surface area contributed by atoms with E-state index in [0.29, 0.717) is 0 Å². The largest absolute Gasteiger partial charge is 0.455 e. The van der Waals surface area contributed by atoms with E-state index < -0.39 is 0 Å². The van der Waals surface area contributed by atoms with Crippen LogP contribution in [-0.2, 0) is 0 Å². The predicted octanol–water partition coefficient (Wildman–Crippen LogP) is 13.0. The molecule has 0 atom stereocenters. The fourth-order valence-electron chi connectivity index (χ4n) is 7.61. The summed E-state index contributed by atoms with van der Waals surface area (Å²) in [6.07, 6.45) is 0. The maximum absolute atomic E-state index is 6.50. The molecule has 0 amide bonds. The Labute approximate surface area is 283 Å². The maximum atomic E-state index is 6.50. The van der Waals surface area contributed by atoms with Gasteiger partial charge in [-0.2, -0.15) is 0 Å². The summed E-state index contributed by atoms with van der Waals surface area (Å²) in [6, 6.07) is 64.9. The lowest BCUT2D eigenvalue weighted by molar-refractivity contribution is 0.673. The van der Waals surface area contributed by atoms with Crippen molar-refractivity contribution in [2.24, 2.45) is 0 Å². The summed E-state index contributed by atoms with van der Waals surface area (Å²) in [6.45, 7) is 0. The summed E-state index contributed by atoms with van der Waals surface area (Å²) >= 11 is 0. The zero-order valence-corrected chi connectivity index (χ0v) is 26.6. The van der Waals surface area contributed by atoms with Crippen LogP contribution in [0, 0.1) is 0 Å². The van der Waals surface area contributed by atoms with Crippen molar-refractivity contribution in [1.82, 2.24) is 4.57 Å². The molecule has 0 radical (unpaired) electrons.